The highest BCUT2D eigenvalue weighted by Crippen LogP contribution is 2.37. The van der Waals surface area contributed by atoms with Crippen LogP contribution in [0.3, 0.4) is 0 Å². The number of thiazole rings is 1. The van der Waals surface area contributed by atoms with Gasteiger partial charge in [0, 0.05) is 6.54 Å². The predicted molar refractivity (Wildman–Crippen MR) is 81.4 cm³/mol. The van der Waals surface area contributed by atoms with Crippen LogP contribution in [0.2, 0.25) is 0 Å². The number of hydrogen-bond donors (Lipinski definition) is 2. The first-order valence-corrected chi connectivity index (χ1v) is 7.88. The van der Waals surface area contributed by atoms with E-state index in [1.807, 2.05) is 18.2 Å². The summed E-state index contributed by atoms with van der Waals surface area (Å²) < 4.78 is 1.16. The second kappa shape index (κ2) is 5.50. The molecule has 20 heavy (non-hydrogen) atoms. The van der Waals surface area contributed by atoms with E-state index in [2.05, 4.69) is 16.4 Å². The summed E-state index contributed by atoms with van der Waals surface area (Å²) in [6, 6.07) is 8.03. The average Bonchev–Trinajstić information content (AvgIpc) is 3.11. The molecule has 3 N–H and O–H groups in total. The van der Waals surface area contributed by atoms with Crippen molar-refractivity contribution in [2.75, 3.05) is 6.54 Å². The van der Waals surface area contributed by atoms with Crippen LogP contribution in [0.25, 0.3) is 10.2 Å². The molecule has 2 aromatic rings. The lowest BCUT2D eigenvalue weighted by molar-refractivity contribution is -0.130. The Morgan fingerprint density at radius 3 is 2.80 bits per heavy atom. The minimum Gasteiger partial charge on any atom is -0.349 e. The van der Waals surface area contributed by atoms with Crippen LogP contribution in [0, 0.1) is 5.41 Å². The van der Waals surface area contributed by atoms with Crippen molar-refractivity contribution in [1.82, 2.24) is 10.3 Å². The number of aromatic nitrogens is 1. The largest absolute Gasteiger partial charge is 0.349 e. The fourth-order valence-corrected chi connectivity index (χ4v) is 3.82. The maximum atomic E-state index is 12.4. The molecule has 0 saturated heterocycles. The van der Waals surface area contributed by atoms with E-state index < -0.39 is 0 Å². The third kappa shape index (κ3) is 2.43. The fourth-order valence-electron chi connectivity index (χ4n) is 2.91. The standard InChI is InChI=1S/C15H19N3OS/c16-10-15(7-3-4-8-15)14(19)17-9-13-18-11-5-1-2-6-12(11)20-13/h1-2,5-6H,3-4,7-10,16H2,(H,17,19). The number of nitrogens with two attached hydrogens (primary N) is 1. The molecule has 1 aromatic heterocycles. The molecular weight excluding hydrogens is 270 g/mol. The highest BCUT2D eigenvalue weighted by molar-refractivity contribution is 7.18. The Balaban J connectivity index is 1.68. The van der Waals surface area contributed by atoms with Crippen molar-refractivity contribution >= 4 is 27.5 Å². The number of nitrogens with zero attached hydrogens (tertiary/aromatic N) is 1. The molecule has 4 nitrogen and oxygen atoms in total. The van der Waals surface area contributed by atoms with Crippen molar-refractivity contribution in [3.63, 3.8) is 0 Å². The van der Waals surface area contributed by atoms with E-state index in [1.54, 1.807) is 11.3 Å². The summed E-state index contributed by atoms with van der Waals surface area (Å²) in [5.41, 5.74) is 6.49. The normalized spacial score (nSPS) is 17.4. The minimum absolute atomic E-state index is 0.0942. The minimum atomic E-state index is -0.337. The number of carbonyl (C=O) groups excluding carboxylic acids is 1. The Hall–Kier alpha value is -1.46. The number of rotatable bonds is 4. The van der Waals surface area contributed by atoms with Crippen molar-refractivity contribution in [3.05, 3.63) is 29.3 Å². The van der Waals surface area contributed by atoms with Crippen LogP contribution in [0.1, 0.15) is 30.7 Å². The zero-order valence-electron chi connectivity index (χ0n) is 11.4. The van der Waals surface area contributed by atoms with Crippen molar-refractivity contribution in [2.45, 2.75) is 32.2 Å². The molecular formula is C15H19N3OS. The zero-order valence-corrected chi connectivity index (χ0v) is 12.2. The van der Waals surface area contributed by atoms with E-state index in [1.165, 1.54) is 0 Å². The Bertz CT molecular complexity index is 583. The molecule has 1 fully saturated rings. The van der Waals surface area contributed by atoms with Gasteiger partial charge in [0.05, 0.1) is 22.2 Å². The van der Waals surface area contributed by atoms with Gasteiger partial charge >= 0.3 is 0 Å². The molecule has 1 aliphatic carbocycles. The number of benzene rings is 1. The second-order valence-corrected chi connectivity index (χ2v) is 6.56. The van der Waals surface area contributed by atoms with Crippen LogP contribution < -0.4 is 11.1 Å². The van der Waals surface area contributed by atoms with Crippen LogP contribution in [0.4, 0.5) is 0 Å². The maximum Gasteiger partial charge on any atom is 0.227 e. The molecule has 1 aromatic carbocycles. The summed E-state index contributed by atoms with van der Waals surface area (Å²) in [6.45, 7) is 0.943. The summed E-state index contributed by atoms with van der Waals surface area (Å²) in [5.74, 6) is 0.0942. The van der Waals surface area contributed by atoms with Crippen molar-refractivity contribution in [2.24, 2.45) is 11.1 Å². The molecule has 5 heteroatoms. The van der Waals surface area contributed by atoms with E-state index in [9.17, 15) is 4.79 Å². The Morgan fingerprint density at radius 1 is 1.35 bits per heavy atom. The zero-order chi connectivity index (χ0) is 14.0. The first kappa shape index (κ1) is 13.5. The lowest BCUT2D eigenvalue weighted by Gasteiger charge is -2.25. The quantitative estimate of drug-likeness (QED) is 0.908. The van der Waals surface area contributed by atoms with Crippen LogP contribution in [0.5, 0.6) is 0 Å². The van der Waals surface area contributed by atoms with Gasteiger partial charge in [0.1, 0.15) is 5.01 Å². The number of carbonyl (C=O) groups is 1. The summed E-state index contributed by atoms with van der Waals surface area (Å²) in [5, 5.41) is 3.97. The molecule has 1 amide bonds. The molecule has 0 atom stereocenters. The predicted octanol–water partition coefficient (Wildman–Crippen LogP) is 2.43. The number of nitrogens with one attached hydrogen (secondary N) is 1. The van der Waals surface area contributed by atoms with Gasteiger partial charge in [-0.3, -0.25) is 4.79 Å². The molecule has 0 radical (unpaired) electrons. The molecule has 3 rings (SSSR count). The molecule has 0 bridgehead atoms. The summed E-state index contributed by atoms with van der Waals surface area (Å²) in [4.78, 5) is 16.9. The Labute approximate surface area is 122 Å². The van der Waals surface area contributed by atoms with Gasteiger partial charge in [-0.2, -0.15) is 0 Å². The van der Waals surface area contributed by atoms with Gasteiger partial charge in [0.15, 0.2) is 0 Å². The molecule has 0 unspecified atom stereocenters. The highest BCUT2D eigenvalue weighted by atomic mass is 32.1. The van der Waals surface area contributed by atoms with E-state index in [0.717, 1.165) is 40.9 Å². The molecule has 106 valence electrons. The average molecular weight is 289 g/mol. The third-order valence-corrected chi connectivity index (χ3v) is 5.21. The van der Waals surface area contributed by atoms with Crippen LogP contribution in [-0.2, 0) is 11.3 Å². The van der Waals surface area contributed by atoms with E-state index in [4.69, 9.17) is 5.73 Å². The summed E-state index contributed by atoms with van der Waals surface area (Å²) in [6.07, 6.45) is 4.03. The smallest absolute Gasteiger partial charge is 0.227 e. The van der Waals surface area contributed by atoms with Crippen molar-refractivity contribution in [3.8, 4) is 0 Å². The van der Waals surface area contributed by atoms with E-state index >= 15 is 0 Å². The van der Waals surface area contributed by atoms with Gasteiger partial charge in [-0.25, -0.2) is 4.98 Å². The number of hydrogen-bond acceptors (Lipinski definition) is 4. The van der Waals surface area contributed by atoms with Gasteiger partial charge in [-0.05, 0) is 25.0 Å². The molecule has 1 heterocycles. The van der Waals surface area contributed by atoms with Crippen molar-refractivity contribution < 1.29 is 4.79 Å². The van der Waals surface area contributed by atoms with Gasteiger partial charge in [-0.1, -0.05) is 25.0 Å². The lowest BCUT2D eigenvalue weighted by Crippen LogP contribution is -2.43. The van der Waals surface area contributed by atoms with Crippen LogP contribution in [-0.4, -0.2) is 17.4 Å². The topological polar surface area (TPSA) is 68.0 Å². The Morgan fingerprint density at radius 2 is 2.10 bits per heavy atom. The number of fused-ring (bicyclic) bond motifs is 1. The van der Waals surface area contributed by atoms with E-state index in [-0.39, 0.29) is 11.3 Å². The van der Waals surface area contributed by atoms with Crippen molar-refractivity contribution in [1.29, 1.82) is 0 Å². The third-order valence-electron chi connectivity index (χ3n) is 4.17. The van der Waals surface area contributed by atoms with Gasteiger partial charge in [-0.15, -0.1) is 11.3 Å². The Kier molecular flexibility index (Phi) is 3.72. The van der Waals surface area contributed by atoms with Gasteiger partial charge < -0.3 is 11.1 Å². The SMILES string of the molecule is NCC1(C(=O)NCc2nc3ccccc3s2)CCCC1. The summed E-state index contributed by atoms with van der Waals surface area (Å²) in [7, 11) is 0. The monoisotopic (exact) mass is 289 g/mol. The number of amides is 1. The van der Waals surface area contributed by atoms with Crippen LogP contribution >= 0.6 is 11.3 Å². The molecule has 0 aliphatic heterocycles. The van der Waals surface area contributed by atoms with E-state index in [0.29, 0.717) is 13.1 Å². The van der Waals surface area contributed by atoms with Crippen LogP contribution in [0.15, 0.2) is 24.3 Å². The van der Waals surface area contributed by atoms with Gasteiger partial charge in [0.25, 0.3) is 0 Å². The first-order valence-electron chi connectivity index (χ1n) is 7.06. The lowest BCUT2D eigenvalue weighted by atomic mass is 9.85. The van der Waals surface area contributed by atoms with Gasteiger partial charge in [0.2, 0.25) is 5.91 Å². The highest BCUT2D eigenvalue weighted by Gasteiger charge is 2.39. The summed E-state index contributed by atoms with van der Waals surface area (Å²) >= 11 is 1.63. The molecule has 0 spiro atoms. The first-order chi connectivity index (χ1) is 9.73. The number of para-hydroxylation sites is 1. The maximum absolute atomic E-state index is 12.4. The molecule has 1 saturated carbocycles. The fraction of sp³-hybridized carbons (Fsp3) is 0.467. The second-order valence-electron chi connectivity index (χ2n) is 5.45. The molecule has 1 aliphatic rings.